The van der Waals surface area contributed by atoms with E-state index < -0.39 is 0 Å². The van der Waals surface area contributed by atoms with Crippen LogP contribution in [0, 0.1) is 23.7 Å². The molecule has 108 valence electrons. The minimum atomic E-state index is -0.0375. The summed E-state index contributed by atoms with van der Waals surface area (Å²) in [7, 11) is 0. The number of amides is 2. The van der Waals surface area contributed by atoms with Gasteiger partial charge in [0.25, 0.3) is 0 Å². The lowest BCUT2D eigenvalue weighted by Gasteiger charge is -2.26. The second kappa shape index (κ2) is 4.69. The van der Waals surface area contributed by atoms with Crippen molar-refractivity contribution in [3.8, 4) is 0 Å². The summed E-state index contributed by atoms with van der Waals surface area (Å²) in [4.78, 5) is 29.0. The van der Waals surface area contributed by atoms with Crippen molar-refractivity contribution >= 4 is 11.8 Å². The molecular formula is C16H22N2O2. The maximum Gasteiger partial charge on any atom is 0.234 e. The Morgan fingerprint density at radius 1 is 0.900 bits per heavy atom. The van der Waals surface area contributed by atoms with Crippen molar-refractivity contribution in [2.45, 2.75) is 32.1 Å². The molecule has 4 nitrogen and oxygen atoms in total. The number of carbonyl (C=O) groups excluding carboxylic acids is 2. The summed E-state index contributed by atoms with van der Waals surface area (Å²) < 4.78 is 0. The molecule has 4 rings (SSSR count). The summed E-state index contributed by atoms with van der Waals surface area (Å²) in [5, 5.41) is 0. The molecule has 3 fully saturated rings. The smallest absolute Gasteiger partial charge is 0.234 e. The fourth-order valence-corrected chi connectivity index (χ4v) is 4.58. The highest BCUT2D eigenvalue weighted by molar-refractivity contribution is 6.06. The topological polar surface area (TPSA) is 40.6 Å². The van der Waals surface area contributed by atoms with Gasteiger partial charge in [0, 0.05) is 0 Å². The molecule has 2 heterocycles. The molecule has 20 heavy (non-hydrogen) atoms. The largest absolute Gasteiger partial charge is 0.286 e. The third-order valence-electron chi connectivity index (χ3n) is 5.60. The van der Waals surface area contributed by atoms with Crippen molar-refractivity contribution in [2.75, 3.05) is 19.8 Å². The summed E-state index contributed by atoms with van der Waals surface area (Å²) in [6, 6.07) is 0. The lowest BCUT2D eigenvalue weighted by atomic mass is 9.85. The number of fused-ring (bicyclic) bond motifs is 5. The standard InChI is InChI=1S/C16H22N2O2/c19-15-13-11-5-6-12(9-11)14(13)16(20)18(15)10-17-7-3-1-2-4-8-17/h5-6,11-14H,1-4,7-10H2. The monoisotopic (exact) mass is 274 g/mol. The molecular weight excluding hydrogens is 252 g/mol. The molecule has 2 aliphatic carbocycles. The third kappa shape index (κ3) is 1.77. The Morgan fingerprint density at radius 2 is 1.45 bits per heavy atom. The SMILES string of the molecule is O=C1C2C3C=CC(C3)C2C(=O)N1CN1CCCCCC1. The van der Waals surface area contributed by atoms with Crippen LogP contribution in [0.5, 0.6) is 0 Å². The van der Waals surface area contributed by atoms with E-state index in [0.717, 1.165) is 19.5 Å². The first kappa shape index (κ1) is 12.6. The molecule has 0 radical (unpaired) electrons. The molecule has 0 aromatic carbocycles. The summed E-state index contributed by atoms with van der Waals surface area (Å²) in [6.07, 6.45) is 10.3. The number of nitrogens with zero attached hydrogens (tertiary/aromatic N) is 2. The van der Waals surface area contributed by atoms with Crippen molar-refractivity contribution < 1.29 is 9.59 Å². The maximum atomic E-state index is 12.6. The second-order valence-corrected chi connectivity index (χ2v) is 6.78. The third-order valence-corrected chi connectivity index (χ3v) is 5.60. The zero-order valence-corrected chi connectivity index (χ0v) is 11.8. The van der Waals surface area contributed by atoms with Crippen molar-refractivity contribution in [3.05, 3.63) is 12.2 Å². The first-order valence-electron chi connectivity index (χ1n) is 8.01. The molecule has 0 spiro atoms. The number of hydrogen-bond donors (Lipinski definition) is 0. The summed E-state index contributed by atoms with van der Waals surface area (Å²) in [6.45, 7) is 2.58. The van der Waals surface area contributed by atoms with Gasteiger partial charge in [-0.05, 0) is 44.2 Å². The van der Waals surface area contributed by atoms with Crippen LogP contribution in [0.15, 0.2) is 12.2 Å². The number of carbonyl (C=O) groups is 2. The molecule has 2 aliphatic heterocycles. The van der Waals surface area contributed by atoms with Crippen LogP contribution in [0.25, 0.3) is 0 Å². The first-order valence-corrected chi connectivity index (χ1v) is 8.01. The van der Waals surface area contributed by atoms with Crippen molar-refractivity contribution in [2.24, 2.45) is 23.7 Å². The van der Waals surface area contributed by atoms with Crippen LogP contribution >= 0.6 is 0 Å². The van der Waals surface area contributed by atoms with Gasteiger partial charge in [0.15, 0.2) is 0 Å². The van der Waals surface area contributed by atoms with Gasteiger partial charge in [0.1, 0.15) is 0 Å². The first-order chi connectivity index (χ1) is 9.75. The molecule has 4 atom stereocenters. The van der Waals surface area contributed by atoms with E-state index in [1.54, 1.807) is 4.90 Å². The fourth-order valence-electron chi connectivity index (χ4n) is 4.58. The number of likely N-dealkylation sites (tertiary alicyclic amines) is 2. The van der Waals surface area contributed by atoms with E-state index >= 15 is 0 Å². The van der Waals surface area contributed by atoms with Gasteiger partial charge in [-0.1, -0.05) is 25.0 Å². The van der Waals surface area contributed by atoms with Crippen LogP contribution in [0.3, 0.4) is 0 Å². The normalized spacial score (nSPS) is 40.5. The zero-order chi connectivity index (χ0) is 13.7. The predicted molar refractivity (Wildman–Crippen MR) is 74.5 cm³/mol. The van der Waals surface area contributed by atoms with Gasteiger partial charge in [-0.2, -0.15) is 0 Å². The van der Waals surface area contributed by atoms with E-state index in [1.807, 2.05) is 0 Å². The Kier molecular flexibility index (Phi) is 2.95. The van der Waals surface area contributed by atoms with Crippen LogP contribution in [0.1, 0.15) is 32.1 Å². The highest BCUT2D eigenvalue weighted by Crippen LogP contribution is 2.52. The molecule has 4 aliphatic rings. The Balaban J connectivity index is 1.50. The molecule has 2 saturated heterocycles. The average Bonchev–Trinajstić information content (AvgIpc) is 3.04. The van der Waals surface area contributed by atoms with Crippen LogP contribution in [-0.2, 0) is 9.59 Å². The Morgan fingerprint density at radius 3 is 2.00 bits per heavy atom. The van der Waals surface area contributed by atoms with Gasteiger partial charge in [0.05, 0.1) is 18.5 Å². The van der Waals surface area contributed by atoms with Crippen molar-refractivity contribution in [3.63, 3.8) is 0 Å². The van der Waals surface area contributed by atoms with Crippen LogP contribution in [0.4, 0.5) is 0 Å². The summed E-state index contributed by atoms with van der Waals surface area (Å²) in [5.41, 5.74) is 0. The molecule has 0 aromatic rings. The molecule has 2 amide bonds. The van der Waals surface area contributed by atoms with Crippen molar-refractivity contribution in [1.29, 1.82) is 0 Å². The van der Waals surface area contributed by atoms with Crippen LogP contribution in [0.2, 0.25) is 0 Å². The Bertz CT molecular complexity index is 435. The number of hydrogen-bond acceptors (Lipinski definition) is 3. The minimum absolute atomic E-state index is 0.0375. The van der Waals surface area contributed by atoms with Crippen molar-refractivity contribution in [1.82, 2.24) is 9.80 Å². The summed E-state index contributed by atoms with van der Waals surface area (Å²) in [5.74, 6) is 0.780. The predicted octanol–water partition coefficient (Wildman–Crippen LogP) is 1.63. The van der Waals surface area contributed by atoms with E-state index in [4.69, 9.17) is 0 Å². The molecule has 0 N–H and O–H groups in total. The fraction of sp³-hybridized carbons (Fsp3) is 0.750. The number of imide groups is 1. The highest BCUT2D eigenvalue weighted by atomic mass is 16.2. The van der Waals surface area contributed by atoms with Gasteiger partial charge in [-0.25, -0.2) is 0 Å². The Labute approximate surface area is 119 Å². The zero-order valence-electron chi connectivity index (χ0n) is 11.8. The maximum absolute atomic E-state index is 12.6. The van der Waals surface area contributed by atoms with Gasteiger partial charge in [-0.15, -0.1) is 0 Å². The van der Waals surface area contributed by atoms with E-state index in [2.05, 4.69) is 17.1 Å². The second-order valence-electron chi connectivity index (χ2n) is 6.78. The molecule has 2 bridgehead atoms. The quantitative estimate of drug-likeness (QED) is 0.567. The highest BCUT2D eigenvalue weighted by Gasteiger charge is 2.59. The lowest BCUT2D eigenvalue weighted by molar-refractivity contribution is -0.143. The van der Waals surface area contributed by atoms with Gasteiger partial charge in [0.2, 0.25) is 11.8 Å². The minimum Gasteiger partial charge on any atom is -0.286 e. The molecule has 4 heteroatoms. The average molecular weight is 274 g/mol. The van der Waals surface area contributed by atoms with Crippen LogP contribution < -0.4 is 0 Å². The van der Waals surface area contributed by atoms with E-state index in [1.165, 1.54) is 25.7 Å². The molecule has 4 unspecified atom stereocenters. The number of rotatable bonds is 2. The lowest BCUT2D eigenvalue weighted by Crippen LogP contribution is -2.43. The molecule has 0 aromatic heterocycles. The van der Waals surface area contributed by atoms with E-state index in [0.29, 0.717) is 18.5 Å². The van der Waals surface area contributed by atoms with Gasteiger partial charge < -0.3 is 0 Å². The summed E-state index contributed by atoms with van der Waals surface area (Å²) >= 11 is 0. The van der Waals surface area contributed by atoms with Gasteiger partial charge >= 0.3 is 0 Å². The van der Waals surface area contributed by atoms with E-state index in [-0.39, 0.29) is 23.7 Å². The Hall–Kier alpha value is -1.16. The van der Waals surface area contributed by atoms with Gasteiger partial charge in [-0.3, -0.25) is 19.4 Å². The number of allylic oxidation sites excluding steroid dienone is 2. The molecule has 1 saturated carbocycles. The van der Waals surface area contributed by atoms with Crippen LogP contribution in [-0.4, -0.2) is 41.4 Å². The van der Waals surface area contributed by atoms with E-state index in [9.17, 15) is 9.59 Å².